The molecule has 0 radical (unpaired) electrons. The van der Waals surface area contributed by atoms with Gasteiger partial charge < -0.3 is 10.1 Å². The average molecular weight is 375 g/mol. The van der Waals surface area contributed by atoms with Gasteiger partial charge in [-0.15, -0.1) is 38.0 Å². The second kappa shape index (κ2) is 10.2. The SMILES string of the molecule is CCC[C@@H](c1ccc(OC(F)(F)F)cc1)N1CCNCC1.Cl.Cl. The highest BCUT2D eigenvalue weighted by Gasteiger charge is 2.31. The van der Waals surface area contributed by atoms with Crippen LogP contribution in [0.5, 0.6) is 5.75 Å². The molecule has 1 fully saturated rings. The largest absolute Gasteiger partial charge is 0.573 e. The van der Waals surface area contributed by atoms with Crippen LogP contribution in [0.4, 0.5) is 13.2 Å². The van der Waals surface area contributed by atoms with E-state index in [0.29, 0.717) is 0 Å². The Hall–Kier alpha value is -0.690. The number of nitrogens with one attached hydrogen (secondary N) is 1. The topological polar surface area (TPSA) is 24.5 Å². The minimum atomic E-state index is -4.64. The number of halogens is 5. The van der Waals surface area contributed by atoms with Crippen LogP contribution in [0, 0.1) is 0 Å². The fourth-order valence-corrected chi connectivity index (χ4v) is 2.72. The summed E-state index contributed by atoms with van der Waals surface area (Å²) in [4.78, 5) is 2.39. The van der Waals surface area contributed by atoms with E-state index in [4.69, 9.17) is 0 Å². The van der Waals surface area contributed by atoms with Crippen LogP contribution in [0.3, 0.4) is 0 Å². The number of nitrogens with zero attached hydrogens (tertiary/aromatic N) is 1. The third kappa shape index (κ3) is 7.16. The van der Waals surface area contributed by atoms with Crippen molar-refractivity contribution in [2.75, 3.05) is 26.2 Å². The standard InChI is InChI=1S/C15H21F3N2O.2ClH/c1-2-3-14(20-10-8-19-9-11-20)12-4-6-13(7-5-12)21-15(16,17)18;;/h4-7,14,19H,2-3,8-11H2,1H3;2*1H/t14-;;/m0../s1. The summed E-state index contributed by atoms with van der Waals surface area (Å²) in [6.45, 7) is 5.96. The van der Waals surface area contributed by atoms with Gasteiger partial charge in [0.15, 0.2) is 0 Å². The van der Waals surface area contributed by atoms with Crippen molar-refractivity contribution in [2.24, 2.45) is 0 Å². The summed E-state index contributed by atoms with van der Waals surface area (Å²) >= 11 is 0. The number of rotatable bonds is 5. The Morgan fingerprint density at radius 2 is 1.70 bits per heavy atom. The Morgan fingerprint density at radius 1 is 1.13 bits per heavy atom. The molecule has 1 aliphatic heterocycles. The molecule has 1 aromatic carbocycles. The van der Waals surface area contributed by atoms with Crippen LogP contribution in [0.25, 0.3) is 0 Å². The second-order valence-electron chi connectivity index (χ2n) is 5.21. The third-order valence-corrected chi connectivity index (χ3v) is 3.65. The predicted molar refractivity (Wildman–Crippen MR) is 89.7 cm³/mol. The number of ether oxygens (including phenoxy) is 1. The van der Waals surface area contributed by atoms with E-state index in [9.17, 15) is 13.2 Å². The van der Waals surface area contributed by atoms with Gasteiger partial charge in [0.25, 0.3) is 0 Å². The van der Waals surface area contributed by atoms with Gasteiger partial charge in [0, 0.05) is 32.2 Å². The molecule has 0 amide bonds. The number of piperazine rings is 1. The quantitative estimate of drug-likeness (QED) is 0.836. The molecule has 0 bridgehead atoms. The van der Waals surface area contributed by atoms with Crippen molar-refractivity contribution in [3.8, 4) is 5.75 Å². The molecule has 0 aliphatic carbocycles. The fourth-order valence-electron chi connectivity index (χ4n) is 2.72. The van der Waals surface area contributed by atoms with Crippen molar-refractivity contribution < 1.29 is 17.9 Å². The van der Waals surface area contributed by atoms with Crippen LogP contribution in [0.15, 0.2) is 24.3 Å². The average Bonchev–Trinajstić information content (AvgIpc) is 2.45. The van der Waals surface area contributed by atoms with Gasteiger partial charge in [0.1, 0.15) is 5.75 Å². The van der Waals surface area contributed by atoms with E-state index in [-0.39, 0.29) is 36.6 Å². The summed E-state index contributed by atoms with van der Waals surface area (Å²) in [5, 5.41) is 3.31. The molecule has 1 N–H and O–H groups in total. The molecule has 2 rings (SSSR count). The molecule has 1 atom stereocenters. The highest BCUT2D eigenvalue weighted by atomic mass is 35.5. The Bertz CT molecular complexity index is 437. The molecule has 1 heterocycles. The van der Waals surface area contributed by atoms with Crippen molar-refractivity contribution in [1.29, 1.82) is 0 Å². The molecule has 1 aromatic rings. The monoisotopic (exact) mass is 374 g/mol. The van der Waals surface area contributed by atoms with Crippen LogP contribution in [-0.2, 0) is 0 Å². The molecular weight excluding hydrogens is 352 g/mol. The maximum atomic E-state index is 12.2. The van der Waals surface area contributed by atoms with Gasteiger partial charge in [-0.1, -0.05) is 25.5 Å². The second-order valence-corrected chi connectivity index (χ2v) is 5.21. The first kappa shape index (κ1) is 22.3. The van der Waals surface area contributed by atoms with Crippen LogP contribution in [0.2, 0.25) is 0 Å². The highest BCUT2D eigenvalue weighted by molar-refractivity contribution is 5.85. The smallest absolute Gasteiger partial charge is 0.406 e. The summed E-state index contributed by atoms with van der Waals surface area (Å²) in [6, 6.07) is 6.53. The molecule has 1 saturated heterocycles. The fraction of sp³-hybridized carbons (Fsp3) is 0.600. The van der Waals surface area contributed by atoms with Gasteiger partial charge >= 0.3 is 6.36 Å². The first-order valence-electron chi connectivity index (χ1n) is 7.30. The first-order valence-corrected chi connectivity index (χ1v) is 7.30. The lowest BCUT2D eigenvalue weighted by molar-refractivity contribution is -0.274. The van der Waals surface area contributed by atoms with E-state index in [1.54, 1.807) is 12.1 Å². The van der Waals surface area contributed by atoms with Crippen molar-refractivity contribution in [1.82, 2.24) is 10.2 Å². The van der Waals surface area contributed by atoms with Gasteiger partial charge in [-0.05, 0) is 24.1 Å². The molecule has 0 aromatic heterocycles. The number of hydrogen-bond donors (Lipinski definition) is 1. The van der Waals surface area contributed by atoms with Gasteiger partial charge in [0.2, 0.25) is 0 Å². The zero-order valence-electron chi connectivity index (χ0n) is 12.9. The Morgan fingerprint density at radius 3 is 2.17 bits per heavy atom. The lowest BCUT2D eigenvalue weighted by Gasteiger charge is -2.35. The molecule has 1 aliphatic rings. The van der Waals surface area contributed by atoms with Gasteiger partial charge in [-0.3, -0.25) is 4.90 Å². The normalized spacial score (nSPS) is 16.9. The summed E-state index contributed by atoms with van der Waals surface area (Å²) in [6.07, 6.45) is -2.60. The van der Waals surface area contributed by atoms with Crippen LogP contribution in [0.1, 0.15) is 31.4 Å². The van der Waals surface area contributed by atoms with Crippen molar-refractivity contribution in [2.45, 2.75) is 32.2 Å². The van der Waals surface area contributed by atoms with Crippen LogP contribution in [-0.4, -0.2) is 37.4 Å². The lowest BCUT2D eigenvalue weighted by Crippen LogP contribution is -2.45. The Labute approximate surface area is 147 Å². The summed E-state index contributed by atoms with van der Waals surface area (Å²) < 4.78 is 40.4. The van der Waals surface area contributed by atoms with Crippen molar-refractivity contribution >= 4 is 24.8 Å². The zero-order valence-corrected chi connectivity index (χ0v) is 14.6. The van der Waals surface area contributed by atoms with E-state index < -0.39 is 6.36 Å². The van der Waals surface area contributed by atoms with Gasteiger partial charge in [0.05, 0.1) is 0 Å². The summed E-state index contributed by atoms with van der Waals surface area (Å²) in [5.74, 6) is -0.165. The van der Waals surface area contributed by atoms with E-state index in [1.165, 1.54) is 12.1 Å². The predicted octanol–water partition coefficient (Wildman–Crippen LogP) is 4.18. The number of alkyl halides is 3. The third-order valence-electron chi connectivity index (χ3n) is 3.65. The molecule has 23 heavy (non-hydrogen) atoms. The van der Waals surface area contributed by atoms with E-state index in [0.717, 1.165) is 44.6 Å². The summed E-state index contributed by atoms with van der Waals surface area (Å²) in [7, 11) is 0. The lowest BCUT2D eigenvalue weighted by atomic mass is 10.00. The molecule has 134 valence electrons. The van der Waals surface area contributed by atoms with Crippen molar-refractivity contribution in [3.63, 3.8) is 0 Å². The van der Waals surface area contributed by atoms with Gasteiger partial charge in [-0.25, -0.2) is 0 Å². The van der Waals surface area contributed by atoms with Crippen molar-refractivity contribution in [3.05, 3.63) is 29.8 Å². The van der Waals surface area contributed by atoms with E-state index in [1.807, 2.05) is 0 Å². The molecule has 0 unspecified atom stereocenters. The number of hydrogen-bond acceptors (Lipinski definition) is 3. The van der Waals surface area contributed by atoms with E-state index >= 15 is 0 Å². The molecule has 0 spiro atoms. The maximum Gasteiger partial charge on any atom is 0.573 e. The minimum Gasteiger partial charge on any atom is -0.406 e. The molecule has 8 heteroatoms. The first-order chi connectivity index (χ1) is 9.99. The Balaban J connectivity index is 0.00000242. The maximum absolute atomic E-state index is 12.2. The van der Waals surface area contributed by atoms with Crippen LogP contribution >= 0.6 is 24.8 Å². The highest BCUT2D eigenvalue weighted by Crippen LogP contribution is 2.29. The zero-order chi connectivity index (χ0) is 15.3. The summed E-state index contributed by atoms with van der Waals surface area (Å²) in [5.41, 5.74) is 1.05. The molecule has 0 saturated carbocycles. The minimum absolute atomic E-state index is 0. The van der Waals surface area contributed by atoms with Crippen LogP contribution < -0.4 is 10.1 Å². The molecular formula is C15H23Cl2F3N2O. The van der Waals surface area contributed by atoms with E-state index in [2.05, 4.69) is 21.9 Å². The molecule has 3 nitrogen and oxygen atoms in total. The number of benzene rings is 1. The van der Waals surface area contributed by atoms with Gasteiger partial charge in [-0.2, -0.15) is 0 Å². The Kier molecular flexibility index (Phi) is 9.93.